The minimum atomic E-state index is -0.217. The highest BCUT2D eigenvalue weighted by Gasteiger charge is 2.10. The maximum absolute atomic E-state index is 12.3. The summed E-state index contributed by atoms with van der Waals surface area (Å²) in [5, 5.41) is 6.29. The van der Waals surface area contributed by atoms with Crippen molar-refractivity contribution in [3.8, 4) is 11.5 Å². The molecule has 0 aliphatic carbocycles. The highest BCUT2D eigenvalue weighted by atomic mass is 16.5. The van der Waals surface area contributed by atoms with Crippen LogP contribution in [-0.2, 0) is 11.3 Å². The first-order valence-corrected chi connectivity index (χ1v) is 10.3. The molecular formula is C26H30N2O3. The van der Waals surface area contributed by atoms with Crippen LogP contribution in [0, 0.1) is 27.7 Å². The molecule has 5 nitrogen and oxygen atoms in total. The van der Waals surface area contributed by atoms with E-state index in [9.17, 15) is 4.79 Å². The Morgan fingerprint density at radius 1 is 0.774 bits per heavy atom. The van der Waals surface area contributed by atoms with Gasteiger partial charge in [-0.25, -0.2) is 0 Å². The molecule has 3 rings (SSSR count). The summed E-state index contributed by atoms with van der Waals surface area (Å²) in [5.74, 6) is 0.914. The van der Waals surface area contributed by atoms with E-state index in [0.717, 1.165) is 22.5 Å². The van der Waals surface area contributed by atoms with E-state index < -0.39 is 0 Å². The lowest BCUT2D eigenvalue weighted by atomic mass is 10.1. The van der Waals surface area contributed by atoms with Crippen molar-refractivity contribution in [3.63, 3.8) is 0 Å². The van der Waals surface area contributed by atoms with Crippen LogP contribution in [0.25, 0.3) is 0 Å². The molecule has 0 heterocycles. The predicted octanol–water partition coefficient (Wildman–Crippen LogP) is 5.56. The molecule has 3 aromatic rings. The molecule has 0 aliphatic rings. The van der Waals surface area contributed by atoms with Crippen molar-refractivity contribution in [2.75, 3.05) is 24.4 Å². The van der Waals surface area contributed by atoms with E-state index in [1.807, 2.05) is 50.2 Å². The van der Waals surface area contributed by atoms with Crippen molar-refractivity contribution in [1.82, 2.24) is 0 Å². The van der Waals surface area contributed by atoms with Gasteiger partial charge in [-0.15, -0.1) is 0 Å². The lowest BCUT2D eigenvalue weighted by Gasteiger charge is -2.14. The maximum Gasteiger partial charge on any atom is 0.262 e. The van der Waals surface area contributed by atoms with Crippen molar-refractivity contribution >= 4 is 17.3 Å². The first-order valence-electron chi connectivity index (χ1n) is 10.3. The largest absolute Gasteiger partial charge is 0.493 e. The van der Waals surface area contributed by atoms with Crippen molar-refractivity contribution in [1.29, 1.82) is 0 Å². The zero-order valence-corrected chi connectivity index (χ0v) is 18.8. The van der Waals surface area contributed by atoms with Crippen molar-refractivity contribution in [2.24, 2.45) is 0 Å². The molecule has 0 fully saturated rings. The molecule has 0 bridgehead atoms. The summed E-state index contributed by atoms with van der Waals surface area (Å²) in [5.41, 5.74) is 7.74. The molecular weight excluding hydrogens is 388 g/mol. The zero-order chi connectivity index (χ0) is 22.4. The fourth-order valence-electron chi connectivity index (χ4n) is 3.16. The van der Waals surface area contributed by atoms with Gasteiger partial charge in [-0.3, -0.25) is 4.79 Å². The first-order chi connectivity index (χ1) is 14.9. The summed E-state index contributed by atoms with van der Waals surface area (Å²) in [7, 11) is 1.60. The number of methoxy groups -OCH3 is 1. The Kier molecular flexibility index (Phi) is 7.19. The van der Waals surface area contributed by atoms with Gasteiger partial charge in [-0.05, 0) is 91.9 Å². The van der Waals surface area contributed by atoms with Gasteiger partial charge < -0.3 is 20.1 Å². The molecule has 5 heteroatoms. The van der Waals surface area contributed by atoms with Crippen LogP contribution in [0.15, 0.2) is 54.6 Å². The van der Waals surface area contributed by atoms with Gasteiger partial charge in [0.25, 0.3) is 5.91 Å². The Bertz CT molecular complexity index is 1080. The highest BCUT2D eigenvalue weighted by molar-refractivity contribution is 5.92. The van der Waals surface area contributed by atoms with Gasteiger partial charge in [0.2, 0.25) is 0 Å². The molecule has 0 saturated carbocycles. The normalized spacial score (nSPS) is 10.5. The van der Waals surface area contributed by atoms with E-state index in [4.69, 9.17) is 9.47 Å². The van der Waals surface area contributed by atoms with Gasteiger partial charge in [0.1, 0.15) is 0 Å². The highest BCUT2D eigenvalue weighted by Crippen LogP contribution is 2.28. The SMILES string of the molecule is COc1cc(CNc2ccc(C)c(C)c2)ccc1OCC(=O)Nc1ccc(C)c(C)c1. The zero-order valence-electron chi connectivity index (χ0n) is 18.8. The predicted molar refractivity (Wildman–Crippen MR) is 126 cm³/mol. The standard InChI is InChI=1S/C26H30N2O3/c1-17-6-9-22(12-19(17)3)27-15-21-8-11-24(25(14-21)30-5)31-16-26(29)28-23-10-7-18(2)20(4)13-23/h6-14,27H,15-16H2,1-5H3,(H,28,29). The maximum atomic E-state index is 12.3. The van der Waals surface area contributed by atoms with Crippen molar-refractivity contribution < 1.29 is 14.3 Å². The summed E-state index contributed by atoms with van der Waals surface area (Å²) >= 11 is 0. The van der Waals surface area contributed by atoms with Crippen LogP contribution < -0.4 is 20.1 Å². The molecule has 3 aromatic carbocycles. The van der Waals surface area contributed by atoms with Crippen LogP contribution in [0.1, 0.15) is 27.8 Å². The second-order valence-electron chi connectivity index (χ2n) is 7.77. The average Bonchev–Trinajstić information content (AvgIpc) is 2.76. The van der Waals surface area contributed by atoms with Crippen molar-refractivity contribution in [2.45, 2.75) is 34.2 Å². The van der Waals surface area contributed by atoms with E-state index in [0.29, 0.717) is 18.0 Å². The second-order valence-corrected chi connectivity index (χ2v) is 7.77. The Morgan fingerprint density at radius 3 is 2.06 bits per heavy atom. The monoisotopic (exact) mass is 418 g/mol. The molecule has 0 aromatic heterocycles. The van der Waals surface area contributed by atoms with Crippen LogP contribution in [0.5, 0.6) is 11.5 Å². The van der Waals surface area contributed by atoms with Crippen LogP contribution >= 0.6 is 0 Å². The molecule has 0 radical (unpaired) electrons. The molecule has 0 spiro atoms. The average molecular weight is 419 g/mol. The minimum Gasteiger partial charge on any atom is -0.493 e. The fraction of sp³-hybridized carbons (Fsp3) is 0.269. The van der Waals surface area contributed by atoms with Gasteiger partial charge in [0, 0.05) is 17.9 Å². The Labute approximate surface area is 184 Å². The third-order valence-corrected chi connectivity index (χ3v) is 5.38. The number of rotatable bonds is 8. The molecule has 0 unspecified atom stereocenters. The molecule has 1 amide bonds. The van der Waals surface area contributed by atoms with Gasteiger partial charge in [0.15, 0.2) is 18.1 Å². The second kappa shape index (κ2) is 10.0. The number of hydrogen-bond acceptors (Lipinski definition) is 4. The molecule has 162 valence electrons. The number of benzene rings is 3. The lowest BCUT2D eigenvalue weighted by molar-refractivity contribution is -0.118. The van der Waals surface area contributed by atoms with Gasteiger partial charge in [-0.2, -0.15) is 0 Å². The number of amides is 1. The fourth-order valence-corrected chi connectivity index (χ4v) is 3.16. The number of ether oxygens (including phenoxy) is 2. The Hall–Kier alpha value is -3.47. The molecule has 0 atom stereocenters. The van der Waals surface area contributed by atoms with Crippen LogP contribution in [0.4, 0.5) is 11.4 Å². The quantitative estimate of drug-likeness (QED) is 0.503. The smallest absolute Gasteiger partial charge is 0.262 e. The van der Waals surface area contributed by atoms with Gasteiger partial charge in [0.05, 0.1) is 7.11 Å². The van der Waals surface area contributed by atoms with E-state index >= 15 is 0 Å². The Balaban J connectivity index is 1.58. The summed E-state index contributed by atoms with van der Waals surface area (Å²) < 4.78 is 11.2. The van der Waals surface area contributed by atoms with Crippen LogP contribution in [0.3, 0.4) is 0 Å². The van der Waals surface area contributed by atoms with Gasteiger partial charge in [-0.1, -0.05) is 18.2 Å². The van der Waals surface area contributed by atoms with E-state index in [1.165, 1.54) is 16.7 Å². The minimum absolute atomic E-state index is 0.0937. The summed E-state index contributed by atoms with van der Waals surface area (Å²) in [4.78, 5) is 12.3. The number of hydrogen-bond donors (Lipinski definition) is 2. The molecule has 2 N–H and O–H groups in total. The summed E-state index contributed by atoms with van der Waals surface area (Å²) in [6.45, 7) is 8.83. The third kappa shape index (κ3) is 6.01. The summed E-state index contributed by atoms with van der Waals surface area (Å²) in [6.07, 6.45) is 0. The molecule has 31 heavy (non-hydrogen) atoms. The van der Waals surface area contributed by atoms with Crippen LogP contribution in [0.2, 0.25) is 0 Å². The number of carbonyl (C=O) groups excluding carboxylic acids is 1. The number of anilines is 2. The van der Waals surface area contributed by atoms with Crippen molar-refractivity contribution in [3.05, 3.63) is 82.4 Å². The third-order valence-electron chi connectivity index (χ3n) is 5.38. The topological polar surface area (TPSA) is 59.6 Å². The van der Waals surface area contributed by atoms with Crippen LogP contribution in [-0.4, -0.2) is 19.6 Å². The number of carbonyl (C=O) groups is 1. The summed E-state index contributed by atoms with van der Waals surface area (Å²) in [6, 6.07) is 17.9. The Morgan fingerprint density at radius 2 is 1.42 bits per heavy atom. The first kappa shape index (κ1) is 22.2. The number of nitrogens with one attached hydrogen (secondary N) is 2. The lowest BCUT2D eigenvalue weighted by Crippen LogP contribution is -2.20. The molecule has 0 saturated heterocycles. The van der Waals surface area contributed by atoms with Gasteiger partial charge >= 0.3 is 0 Å². The van der Waals surface area contributed by atoms with E-state index in [1.54, 1.807) is 7.11 Å². The number of aryl methyl sites for hydroxylation is 4. The molecule has 0 aliphatic heterocycles. The van der Waals surface area contributed by atoms with E-state index in [-0.39, 0.29) is 12.5 Å². The van der Waals surface area contributed by atoms with E-state index in [2.05, 4.69) is 42.7 Å².